The molecule has 2 amide bonds. The summed E-state index contributed by atoms with van der Waals surface area (Å²) in [7, 11) is 3.86. The number of amides is 2. The van der Waals surface area contributed by atoms with Crippen LogP contribution in [0.15, 0.2) is 42.5 Å². The number of likely N-dealkylation sites (tertiary alicyclic amines) is 1. The van der Waals surface area contributed by atoms with Crippen molar-refractivity contribution in [2.75, 3.05) is 64.8 Å². The van der Waals surface area contributed by atoms with E-state index in [1.807, 2.05) is 54.8 Å². The van der Waals surface area contributed by atoms with Gasteiger partial charge in [0.2, 0.25) is 11.8 Å². The minimum Gasteiger partial charge on any atom is -0.365 e. The molecule has 2 saturated heterocycles. The summed E-state index contributed by atoms with van der Waals surface area (Å²) in [6.45, 7) is 12.2. The van der Waals surface area contributed by atoms with Crippen LogP contribution in [0.5, 0.6) is 0 Å². The molecule has 2 fully saturated rings. The van der Waals surface area contributed by atoms with E-state index in [9.17, 15) is 14.0 Å². The van der Waals surface area contributed by atoms with Crippen molar-refractivity contribution in [2.24, 2.45) is 11.8 Å². The standard InChI is InChI=1S/C33H47F2N5O2/c1-22(2)31(36-30(41)13-14-37(5)6)26-11-8-12-29(35)32(26)38-15-17-39(18-16-38)33(42)28-21-40(23(3)4)20-27(28)24-9-7-10-25(34)19-24/h7-12,19,22-23,27-28,31H,13-18,20-21H2,1-6H3,(H,36,41)/t27-,28+,31-/m0/s1. The van der Waals surface area contributed by atoms with Gasteiger partial charge >= 0.3 is 0 Å². The third kappa shape index (κ3) is 7.48. The fourth-order valence-corrected chi connectivity index (χ4v) is 6.26. The van der Waals surface area contributed by atoms with Crippen LogP contribution >= 0.6 is 0 Å². The van der Waals surface area contributed by atoms with Gasteiger partial charge in [0.05, 0.1) is 17.6 Å². The summed E-state index contributed by atoms with van der Waals surface area (Å²) in [5.74, 6) is -0.869. The van der Waals surface area contributed by atoms with Crippen molar-refractivity contribution in [2.45, 2.75) is 52.1 Å². The van der Waals surface area contributed by atoms with Crippen LogP contribution in [0.2, 0.25) is 0 Å². The minimum atomic E-state index is -0.336. The number of benzene rings is 2. The number of piperazine rings is 1. The van der Waals surface area contributed by atoms with Gasteiger partial charge in [0.25, 0.3) is 0 Å². The van der Waals surface area contributed by atoms with Crippen LogP contribution in [-0.2, 0) is 9.59 Å². The number of halogens is 2. The first kappa shape index (κ1) is 31.9. The third-order valence-electron chi connectivity index (χ3n) is 8.70. The highest BCUT2D eigenvalue weighted by Gasteiger charge is 2.42. The van der Waals surface area contributed by atoms with Crippen LogP contribution in [0.4, 0.5) is 14.5 Å². The molecule has 42 heavy (non-hydrogen) atoms. The monoisotopic (exact) mass is 583 g/mol. The molecule has 0 saturated carbocycles. The van der Waals surface area contributed by atoms with E-state index in [1.54, 1.807) is 18.2 Å². The van der Waals surface area contributed by atoms with Crippen molar-refractivity contribution in [1.82, 2.24) is 20.0 Å². The number of para-hydroxylation sites is 1. The summed E-state index contributed by atoms with van der Waals surface area (Å²) in [4.78, 5) is 34.8. The van der Waals surface area contributed by atoms with Gasteiger partial charge in [-0.15, -0.1) is 0 Å². The maximum absolute atomic E-state index is 15.5. The summed E-state index contributed by atoms with van der Waals surface area (Å²) in [6, 6.07) is 11.6. The zero-order valence-corrected chi connectivity index (χ0v) is 25.9. The van der Waals surface area contributed by atoms with E-state index < -0.39 is 0 Å². The molecule has 0 radical (unpaired) electrons. The molecule has 0 unspecified atom stereocenters. The molecule has 4 rings (SSSR count). The largest absolute Gasteiger partial charge is 0.365 e. The van der Waals surface area contributed by atoms with Gasteiger partial charge in [-0.05, 0) is 57.6 Å². The fraction of sp³-hybridized carbons (Fsp3) is 0.576. The Labute approximate surface area is 249 Å². The van der Waals surface area contributed by atoms with Crippen LogP contribution in [0.3, 0.4) is 0 Å². The predicted octanol–water partition coefficient (Wildman–Crippen LogP) is 4.50. The van der Waals surface area contributed by atoms with E-state index in [0.29, 0.717) is 57.9 Å². The number of carbonyl (C=O) groups excluding carboxylic acids is 2. The Morgan fingerprint density at radius 3 is 2.29 bits per heavy atom. The van der Waals surface area contributed by atoms with Crippen molar-refractivity contribution < 1.29 is 18.4 Å². The quantitative estimate of drug-likeness (QED) is 0.447. The second-order valence-corrected chi connectivity index (χ2v) is 12.6. The third-order valence-corrected chi connectivity index (χ3v) is 8.70. The van der Waals surface area contributed by atoms with Crippen LogP contribution in [0.25, 0.3) is 0 Å². The molecule has 230 valence electrons. The van der Waals surface area contributed by atoms with E-state index >= 15 is 4.39 Å². The topological polar surface area (TPSA) is 59.1 Å². The summed E-state index contributed by atoms with van der Waals surface area (Å²) >= 11 is 0. The molecule has 0 aromatic heterocycles. The number of hydrogen-bond donors (Lipinski definition) is 1. The molecule has 7 nitrogen and oxygen atoms in total. The summed E-state index contributed by atoms with van der Waals surface area (Å²) in [5.41, 5.74) is 2.12. The normalized spacial score (nSPS) is 20.5. The van der Waals surface area contributed by atoms with Gasteiger partial charge in [0.15, 0.2) is 0 Å². The SMILES string of the molecule is CC(C)[C@H](NC(=O)CCN(C)C)c1cccc(F)c1N1CCN(C(=O)[C@@H]2CN(C(C)C)C[C@H]2c2cccc(F)c2)CC1. The first-order chi connectivity index (χ1) is 20.0. The zero-order valence-electron chi connectivity index (χ0n) is 25.9. The molecular formula is C33H47F2N5O2. The fourth-order valence-electron chi connectivity index (χ4n) is 6.26. The van der Waals surface area contributed by atoms with Gasteiger partial charge in [0.1, 0.15) is 11.6 Å². The molecule has 2 aromatic rings. The predicted molar refractivity (Wildman–Crippen MR) is 163 cm³/mol. The molecule has 2 aliphatic heterocycles. The first-order valence-electron chi connectivity index (χ1n) is 15.2. The molecule has 0 spiro atoms. The van der Waals surface area contributed by atoms with E-state index in [1.165, 1.54) is 12.1 Å². The first-order valence-corrected chi connectivity index (χ1v) is 15.2. The van der Waals surface area contributed by atoms with E-state index in [2.05, 4.69) is 24.1 Å². The number of rotatable bonds is 10. The number of nitrogens with one attached hydrogen (secondary N) is 1. The lowest BCUT2D eigenvalue weighted by Gasteiger charge is -2.39. The number of hydrogen-bond acceptors (Lipinski definition) is 5. The van der Waals surface area contributed by atoms with Crippen molar-refractivity contribution in [3.8, 4) is 0 Å². The molecule has 1 N–H and O–H groups in total. The van der Waals surface area contributed by atoms with Crippen molar-refractivity contribution in [1.29, 1.82) is 0 Å². The Kier molecular flexibility index (Phi) is 10.6. The minimum absolute atomic E-state index is 0.0581. The smallest absolute Gasteiger partial charge is 0.227 e. The van der Waals surface area contributed by atoms with Gasteiger partial charge in [-0.2, -0.15) is 0 Å². The average Bonchev–Trinajstić information content (AvgIpc) is 3.40. The molecule has 2 aliphatic rings. The van der Waals surface area contributed by atoms with E-state index in [-0.39, 0.29) is 53.3 Å². The highest BCUT2D eigenvalue weighted by Crippen LogP contribution is 2.37. The second-order valence-electron chi connectivity index (χ2n) is 12.6. The lowest BCUT2D eigenvalue weighted by atomic mass is 9.87. The van der Waals surface area contributed by atoms with Crippen LogP contribution in [0.1, 0.15) is 57.2 Å². The Balaban J connectivity index is 1.49. The van der Waals surface area contributed by atoms with Crippen molar-refractivity contribution in [3.05, 3.63) is 65.2 Å². The average molecular weight is 584 g/mol. The summed E-state index contributed by atoms with van der Waals surface area (Å²) in [5, 5.41) is 3.14. The molecule has 0 bridgehead atoms. The molecular weight excluding hydrogens is 536 g/mol. The van der Waals surface area contributed by atoms with Gasteiger partial charge in [-0.25, -0.2) is 8.78 Å². The summed E-state index contributed by atoms with van der Waals surface area (Å²) in [6.07, 6.45) is 0.369. The van der Waals surface area contributed by atoms with E-state index in [4.69, 9.17) is 0 Å². The van der Waals surface area contributed by atoms with Gasteiger partial charge < -0.3 is 20.0 Å². The number of carbonyl (C=O) groups is 2. The number of nitrogens with zero attached hydrogens (tertiary/aromatic N) is 4. The summed E-state index contributed by atoms with van der Waals surface area (Å²) < 4.78 is 29.6. The highest BCUT2D eigenvalue weighted by atomic mass is 19.1. The Hall–Kier alpha value is -3.04. The Morgan fingerprint density at radius 1 is 0.976 bits per heavy atom. The Bertz CT molecular complexity index is 1230. The highest BCUT2D eigenvalue weighted by molar-refractivity contribution is 5.81. The number of anilines is 1. The molecule has 0 aliphatic carbocycles. The second kappa shape index (κ2) is 14.0. The molecule has 2 heterocycles. The van der Waals surface area contributed by atoms with Crippen molar-refractivity contribution in [3.63, 3.8) is 0 Å². The zero-order chi connectivity index (χ0) is 30.6. The Morgan fingerprint density at radius 2 is 1.67 bits per heavy atom. The lowest BCUT2D eigenvalue weighted by molar-refractivity contribution is -0.136. The van der Waals surface area contributed by atoms with Crippen molar-refractivity contribution >= 4 is 17.5 Å². The van der Waals surface area contributed by atoms with Crippen LogP contribution < -0.4 is 10.2 Å². The van der Waals surface area contributed by atoms with E-state index in [0.717, 1.165) is 11.1 Å². The molecule has 2 aromatic carbocycles. The lowest BCUT2D eigenvalue weighted by Crippen LogP contribution is -2.52. The van der Waals surface area contributed by atoms with Crippen LogP contribution in [-0.4, -0.2) is 92.5 Å². The van der Waals surface area contributed by atoms with Crippen LogP contribution in [0, 0.1) is 23.5 Å². The maximum atomic E-state index is 15.5. The van der Waals surface area contributed by atoms with Gasteiger partial charge in [-0.1, -0.05) is 38.1 Å². The molecule has 3 atom stereocenters. The molecule has 9 heteroatoms. The van der Waals surface area contributed by atoms with Gasteiger partial charge in [0, 0.05) is 69.8 Å². The maximum Gasteiger partial charge on any atom is 0.227 e. The van der Waals surface area contributed by atoms with Gasteiger partial charge in [-0.3, -0.25) is 14.5 Å².